The van der Waals surface area contributed by atoms with Crippen LogP contribution in [0.15, 0.2) is 262 Å². The molecule has 10 heterocycles. The van der Waals surface area contributed by atoms with Crippen LogP contribution in [0.3, 0.4) is 0 Å². The topological polar surface area (TPSA) is 281 Å². The van der Waals surface area contributed by atoms with E-state index in [-0.39, 0.29) is 44.3 Å². The molecule has 10 aromatic heterocycles. The highest BCUT2D eigenvalue weighted by Crippen LogP contribution is 2.33. The van der Waals surface area contributed by atoms with Gasteiger partial charge in [-0.3, -0.25) is 74.4 Å². The molecule has 0 saturated heterocycles. The first-order chi connectivity index (χ1) is 56.0. The summed E-state index contributed by atoms with van der Waals surface area (Å²) in [6.07, 6.45) is 7.34. The van der Waals surface area contributed by atoms with Gasteiger partial charge in [-0.15, -0.1) is 0 Å². The summed E-state index contributed by atoms with van der Waals surface area (Å²) in [7, 11) is 4.77. The Morgan fingerprint density at radius 1 is 0.336 bits per heavy atom. The number of nitrogens with zero attached hydrogens (tertiary/aromatic N) is 10. The van der Waals surface area contributed by atoms with Crippen LogP contribution in [0, 0.1) is 30.2 Å². The standard InChI is InChI=1S/C18H15N3O2.C17H11BrFN3O2.C17H12ClN3O2.C16H8BrClFN3O.C16H8BrF2N3O/c1-11-3-8-14-16(9-11)19-10-15-17(14)20-21(18(15)22)12-4-6-13(23-2)7-5-12;1-24-11-4-2-10(3-5-11)22-17(23)13-8-20-16-12(15(13)21-22)6-9(18)7-14(16)19;1-23-15-5-3-2-4-14(15)21-17(22)12-9-19-13-7-6-10(18)8-11(13)16(12)20-21;2*17-8-5-11-14-12(7-20-15(11)13(19)6-8)16(23)22(21-14)10-3-1-9(18)2-4-10/h3-10,20H,1-2H3;2-8,21H,1H3;2-9,20H,1H3;2*1-7,21H. The summed E-state index contributed by atoms with van der Waals surface area (Å²) in [6.45, 7) is 2.02. The number of ether oxygens (including phenoxy) is 3. The normalized spacial score (nSPS) is 11.3. The van der Waals surface area contributed by atoms with E-state index in [0.29, 0.717) is 123 Å². The Morgan fingerprint density at radius 3 is 1.11 bits per heavy atom. The van der Waals surface area contributed by atoms with Crippen LogP contribution in [0.2, 0.25) is 10.0 Å². The Kier molecular flexibility index (Phi) is 20.9. The van der Waals surface area contributed by atoms with Crippen LogP contribution in [-0.2, 0) is 0 Å². The van der Waals surface area contributed by atoms with Gasteiger partial charge in [0.1, 0.15) is 45.3 Å². The van der Waals surface area contributed by atoms with E-state index >= 15 is 0 Å². The Balaban J connectivity index is 0.000000109. The zero-order chi connectivity index (χ0) is 81.1. The minimum atomic E-state index is -0.480. The van der Waals surface area contributed by atoms with Crippen molar-refractivity contribution in [3.05, 3.63) is 329 Å². The summed E-state index contributed by atoms with van der Waals surface area (Å²) in [5, 5.41) is 22.1. The molecule has 0 fully saturated rings. The number of para-hydroxylation sites is 2. The molecule has 0 unspecified atom stereocenters. The monoisotopic (exact) mass is 1780 g/mol. The van der Waals surface area contributed by atoms with Gasteiger partial charge in [-0.05, 0) is 182 Å². The summed E-state index contributed by atoms with van der Waals surface area (Å²) >= 11 is 21.7. The summed E-state index contributed by atoms with van der Waals surface area (Å²) in [4.78, 5) is 84.1. The molecule has 0 aliphatic carbocycles. The van der Waals surface area contributed by atoms with Crippen LogP contribution in [0.5, 0.6) is 17.2 Å². The van der Waals surface area contributed by atoms with E-state index < -0.39 is 23.3 Å². The molecule has 20 aromatic rings. The fraction of sp³-hybridized carbons (Fsp3) is 0.0476. The quantitative estimate of drug-likeness (QED) is 0.0886. The molecule has 20 rings (SSSR count). The molecule has 0 aliphatic rings. The van der Waals surface area contributed by atoms with Crippen molar-refractivity contribution in [2.45, 2.75) is 6.92 Å². The fourth-order valence-corrected chi connectivity index (χ4v) is 14.9. The number of hydrogen-bond donors (Lipinski definition) is 5. The van der Waals surface area contributed by atoms with Gasteiger partial charge in [0.25, 0.3) is 27.8 Å². The molecule has 116 heavy (non-hydrogen) atoms. The summed E-state index contributed by atoms with van der Waals surface area (Å²) < 4.78 is 79.6. The molecule has 0 saturated carbocycles. The molecule has 576 valence electrons. The molecule has 10 aromatic carbocycles. The average Bonchev–Trinajstić information content (AvgIpc) is 1.63. The van der Waals surface area contributed by atoms with Crippen LogP contribution < -0.4 is 42.0 Å². The second kappa shape index (κ2) is 31.6. The van der Waals surface area contributed by atoms with Crippen molar-refractivity contribution in [3.63, 3.8) is 0 Å². The lowest BCUT2D eigenvalue weighted by molar-refractivity contribution is 0.411. The number of hydrogen-bond acceptors (Lipinski definition) is 13. The van der Waals surface area contributed by atoms with E-state index in [2.05, 4.69) is 98.2 Å². The van der Waals surface area contributed by atoms with Crippen molar-refractivity contribution >= 4 is 180 Å². The second-order valence-electron chi connectivity index (χ2n) is 26.1. The zero-order valence-corrected chi connectivity index (χ0v) is 66.8. The van der Waals surface area contributed by atoms with Crippen LogP contribution in [-0.4, -0.2) is 95.2 Å². The van der Waals surface area contributed by atoms with Gasteiger partial charge in [0.2, 0.25) is 0 Å². The number of nitrogens with one attached hydrogen (secondary N) is 5. The van der Waals surface area contributed by atoms with Crippen LogP contribution in [0.1, 0.15) is 5.56 Å². The zero-order valence-electron chi connectivity index (χ0n) is 60.5. The predicted octanol–water partition coefficient (Wildman–Crippen LogP) is 18.8. The summed E-state index contributed by atoms with van der Waals surface area (Å²) in [5.74, 6) is 0.288. The maximum Gasteiger partial charge on any atom is 0.280 e. The van der Waals surface area contributed by atoms with E-state index in [1.807, 2.05) is 73.7 Å². The first-order valence-corrected chi connectivity index (χ1v) is 38.0. The molecule has 5 N–H and O–H groups in total. The number of methoxy groups -OCH3 is 3. The number of aryl methyl sites for hydroxylation is 1. The van der Waals surface area contributed by atoms with Crippen molar-refractivity contribution in [1.82, 2.24) is 73.8 Å². The summed E-state index contributed by atoms with van der Waals surface area (Å²) in [5.41, 5.74) is 8.51. The van der Waals surface area contributed by atoms with Gasteiger partial charge in [0.15, 0.2) is 17.5 Å². The molecule has 32 heteroatoms. The van der Waals surface area contributed by atoms with E-state index in [1.165, 1.54) is 84.5 Å². The molecule has 0 amide bonds. The van der Waals surface area contributed by atoms with Gasteiger partial charge in [-0.1, -0.05) is 95.3 Å². The third kappa shape index (κ3) is 14.5. The van der Waals surface area contributed by atoms with Crippen LogP contribution in [0.4, 0.5) is 17.6 Å². The van der Waals surface area contributed by atoms with Crippen molar-refractivity contribution in [1.29, 1.82) is 0 Å². The smallest absolute Gasteiger partial charge is 0.280 e. The Hall–Kier alpha value is -13.3. The SMILES string of the molecule is COc1ccc(-n2[nH]c3c(cnc4c(F)cc(Br)cc43)c2=O)cc1.COc1ccc(-n2[nH]c3c(cnc4cc(C)ccc43)c2=O)cc1.COc1ccccc1-n1[nH]c2c(cnc3ccc(Cl)cc32)c1=O.O=c1c2cnc3c(F)cc(Br)cc3c2[nH]n1-c1ccc(Cl)cc1.O=c1c2cnc3c(F)cc(Br)cc3c2[nH]n1-c1ccc(F)cc1. The number of aromatic nitrogens is 15. The molecular weight excluding hydrogens is 1730 g/mol. The first-order valence-electron chi connectivity index (χ1n) is 34.8. The van der Waals surface area contributed by atoms with E-state index in [1.54, 1.807) is 119 Å². The van der Waals surface area contributed by atoms with Crippen molar-refractivity contribution < 1.29 is 31.8 Å². The van der Waals surface area contributed by atoms with Crippen molar-refractivity contribution in [2.75, 3.05) is 21.3 Å². The first kappa shape index (κ1) is 76.7. The van der Waals surface area contributed by atoms with Gasteiger partial charge >= 0.3 is 0 Å². The Bertz CT molecular complexity index is 7460. The van der Waals surface area contributed by atoms with Crippen molar-refractivity contribution in [2.24, 2.45) is 0 Å². The molecule has 0 spiro atoms. The third-order valence-electron chi connectivity index (χ3n) is 19.0. The number of pyridine rings is 5. The molecule has 0 atom stereocenters. The second-order valence-corrected chi connectivity index (χ2v) is 29.7. The highest BCUT2D eigenvalue weighted by Gasteiger charge is 2.21. The molecule has 23 nitrogen and oxygen atoms in total. The van der Waals surface area contributed by atoms with Gasteiger partial charge in [0, 0.05) is 81.4 Å². The average molecular weight is 1790 g/mol. The number of halogens is 9. The number of rotatable bonds is 8. The number of aromatic amines is 5. The van der Waals surface area contributed by atoms with Crippen molar-refractivity contribution in [3.8, 4) is 45.7 Å². The lowest BCUT2D eigenvalue weighted by Crippen LogP contribution is -2.15. The molecule has 0 bridgehead atoms. The highest BCUT2D eigenvalue weighted by molar-refractivity contribution is 9.11. The largest absolute Gasteiger partial charge is 0.497 e. The van der Waals surface area contributed by atoms with E-state index in [9.17, 15) is 41.5 Å². The number of fused-ring (bicyclic) bond motifs is 15. The van der Waals surface area contributed by atoms with Gasteiger partial charge in [-0.2, -0.15) is 0 Å². The molecular formula is C84H54Br3Cl2F4N15O8. The lowest BCUT2D eigenvalue weighted by atomic mass is 10.1. The Labute approximate surface area is 683 Å². The highest BCUT2D eigenvalue weighted by atomic mass is 79.9. The predicted molar refractivity (Wildman–Crippen MR) is 453 cm³/mol. The third-order valence-corrected chi connectivity index (χ3v) is 20.8. The maximum atomic E-state index is 14.1. The fourth-order valence-electron chi connectivity index (χ4n) is 13.3. The van der Waals surface area contributed by atoms with Gasteiger partial charge < -0.3 is 14.2 Å². The van der Waals surface area contributed by atoms with Gasteiger partial charge in [-0.25, -0.2) is 41.0 Å². The number of H-pyrrole nitrogens is 5. The van der Waals surface area contributed by atoms with E-state index in [0.717, 1.165) is 44.3 Å². The maximum absolute atomic E-state index is 14.1. The van der Waals surface area contributed by atoms with Gasteiger partial charge in [0.05, 0.1) is 110 Å². The van der Waals surface area contributed by atoms with Crippen LogP contribution >= 0.6 is 71.0 Å². The van der Waals surface area contributed by atoms with E-state index in [4.69, 9.17) is 37.4 Å². The summed E-state index contributed by atoms with van der Waals surface area (Å²) in [6, 6.07) is 54.7. The minimum Gasteiger partial charge on any atom is -0.497 e. The lowest BCUT2D eigenvalue weighted by Gasteiger charge is -2.07. The molecule has 0 radical (unpaired) electrons. The molecule has 0 aliphatic heterocycles. The Morgan fingerprint density at radius 2 is 0.690 bits per heavy atom. The van der Waals surface area contributed by atoms with Crippen LogP contribution in [0.25, 0.3) is 137 Å². The number of benzene rings is 10. The minimum absolute atomic E-state index is 0.111.